The Morgan fingerprint density at radius 1 is 1.26 bits per heavy atom. The van der Waals surface area contributed by atoms with Crippen molar-refractivity contribution in [3.63, 3.8) is 0 Å². The van der Waals surface area contributed by atoms with Crippen molar-refractivity contribution in [1.82, 2.24) is 0 Å². The molecule has 1 aromatic carbocycles. The van der Waals surface area contributed by atoms with Gasteiger partial charge < -0.3 is 11.1 Å². The third kappa shape index (κ3) is 4.53. The van der Waals surface area contributed by atoms with Crippen LogP contribution in [0.15, 0.2) is 24.3 Å². The van der Waals surface area contributed by atoms with Crippen molar-refractivity contribution in [3.05, 3.63) is 50.9 Å². The number of carbonyl (C=O) groups excluding carboxylic acids is 2. The topological polar surface area (TPSA) is 72.2 Å². The Balaban J connectivity index is 1.81. The third-order valence-corrected chi connectivity index (χ3v) is 6.69. The lowest BCUT2D eigenvalue weighted by Crippen LogP contribution is -2.27. The van der Waals surface area contributed by atoms with Gasteiger partial charge >= 0.3 is 0 Å². The number of carbonyl (C=O) groups is 2. The molecule has 2 amide bonds. The number of benzene rings is 1. The molecule has 1 heterocycles. The van der Waals surface area contributed by atoms with Crippen LogP contribution in [0.25, 0.3) is 0 Å². The standard InChI is InChI=1S/C21H25ClN2O2S/c1-21(2,3)13-6-9-15-16(11-13)27-20(18(15)19(23)26)24-17(25)10-12-4-7-14(22)8-5-12/h4-5,7-8,13H,6,9-11H2,1-3H3,(H2,23,26)(H,24,25). The highest BCUT2D eigenvalue weighted by molar-refractivity contribution is 7.17. The van der Waals surface area contributed by atoms with Gasteiger partial charge in [-0.25, -0.2) is 0 Å². The SMILES string of the molecule is CC(C)(C)C1CCc2c(sc(NC(=O)Cc3ccc(Cl)cc3)c2C(N)=O)C1. The van der Waals surface area contributed by atoms with E-state index in [1.165, 1.54) is 16.2 Å². The highest BCUT2D eigenvalue weighted by Crippen LogP contribution is 2.44. The van der Waals surface area contributed by atoms with Crippen LogP contribution in [0.5, 0.6) is 0 Å². The van der Waals surface area contributed by atoms with Crippen molar-refractivity contribution in [2.45, 2.75) is 46.5 Å². The fraction of sp³-hybridized carbons (Fsp3) is 0.429. The van der Waals surface area contributed by atoms with Gasteiger partial charge in [-0.05, 0) is 53.9 Å². The average molecular weight is 405 g/mol. The minimum Gasteiger partial charge on any atom is -0.365 e. The summed E-state index contributed by atoms with van der Waals surface area (Å²) in [7, 11) is 0. The molecule has 27 heavy (non-hydrogen) atoms. The number of halogens is 1. The van der Waals surface area contributed by atoms with E-state index in [1.807, 2.05) is 12.1 Å². The molecule has 6 heteroatoms. The van der Waals surface area contributed by atoms with Gasteiger partial charge in [0.15, 0.2) is 0 Å². The Labute approximate surface area is 169 Å². The molecule has 0 radical (unpaired) electrons. The van der Waals surface area contributed by atoms with Gasteiger partial charge in [-0.3, -0.25) is 9.59 Å². The number of hydrogen-bond donors (Lipinski definition) is 2. The fourth-order valence-corrected chi connectivity index (χ4v) is 5.11. The number of rotatable bonds is 4. The summed E-state index contributed by atoms with van der Waals surface area (Å²) in [5.74, 6) is -0.0729. The predicted molar refractivity (Wildman–Crippen MR) is 112 cm³/mol. The largest absolute Gasteiger partial charge is 0.365 e. The molecule has 0 fully saturated rings. The molecule has 1 aromatic heterocycles. The maximum Gasteiger partial charge on any atom is 0.251 e. The van der Waals surface area contributed by atoms with Gasteiger partial charge in [-0.1, -0.05) is 44.5 Å². The molecule has 1 atom stereocenters. The molecule has 4 nitrogen and oxygen atoms in total. The first kappa shape index (κ1) is 19.9. The van der Waals surface area contributed by atoms with Crippen LogP contribution in [-0.4, -0.2) is 11.8 Å². The molecular formula is C21H25ClN2O2S. The second kappa shape index (κ2) is 7.64. The van der Waals surface area contributed by atoms with E-state index in [4.69, 9.17) is 17.3 Å². The average Bonchev–Trinajstić information content (AvgIpc) is 2.93. The smallest absolute Gasteiger partial charge is 0.251 e. The van der Waals surface area contributed by atoms with Crippen molar-refractivity contribution in [2.75, 3.05) is 5.32 Å². The summed E-state index contributed by atoms with van der Waals surface area (Å²) in [5.41, 5.74) is 8.25. The molecule has 1 unspecified atom stereocenters. The zero-order chi connectivity index (χ0) is 19.8. The van der Waals surface area contributed by atoms with Gasteiger partial charge in [-0.2, -0.15) is 0 Å². The van der Waals surface area contributed by atoms with Crippen molar-refractivity contribution in [3.8, 4) is 0 Å². The quantitative estimate of drug-likeness (QED) is 0.765. The van der Waals surface area contributed by atoms with Crippen LogP contribution in [0, 0.1) is 11.3 Å². The van der Waals surface area contributed by atoms with Crippen LogP contribution >= 0.6 is 22.9 Å². The van der Waals surface area contributed by atoms with Crippen molar-refractivity contribution < 1.29 is 9.59 Å². The normalized spacial score (nSPS) is 16.7. The molecule has 0 saturated carbocycles. The number of anilines is 1. The Morgan fingerprint density at radius 3 is 2.52 bits per heavy atom. The van der Waals surface area contributed by atoms with Crippen LogP contribution in [0.3, 0.4) is 0 Å². The van der Waals surface area contributed by atoms with Crippen molar-refractivity contribution in [1.29, 1.82) is 0 Å². The molecule has 144 valence electrons. The summed E-state index contributed by atoms with van der Waals surface area (Å²) in [4.78, 5) is 25.7. The van der Waals surface area contributed by atoms with Gasteiger partial charge in [0.25, 0.3) is 5.91 Å². The van der Waals surface area contributed by atoms with Gasteiger partial charge in [0.05, 0.1) is 12.0 Å². The van der Waals surface area contributed by atoms with Crippen LogP contribution in [0.2, 0.25) is 5.02 Å². The van der Waals surface area contributed by atoms with Gasteiger partial charge in [-0.15, -0.1) is 11.3 Å². The third-order valence-electron chi connectivity index (χ3n) is 5.27. The first-order valence-corrected chi connectivity index (χ1v) is 10.3. The summed E-state index contributed by atoms with van der Waals surface area (Å²) in [5, 5.41) is 4.13. The maximum absolute atomic E-state index is 12.5. The Hall–Kier alpha value is -1.85. The monoisotopic (exact) mass is 404 g/mol. The first-order valence-electron chi connectivity index (χ1n) is 9.13. The molecule has 0 saturated heterocycles. The zero-order valence-corrected chi connectivity index (χ0v) is 17.5. The van der Waals surface area contributed by atoms with Gasteiger partial charge in [0.2, 0.25) is 5.91 Å². The molecule has 3 rings (SSSR count). The van der Waals surface area contributed by atoms with Crippen LogP contribution < -0.4 is 11.1 Å². The zero-order valence-electron chi connectivity index (χ0n) is 15.9. The number of amides is 2. The Kier molecular flexibility index (Phi) is 5.63. The van der Waals surface area contributed by atoms with E-state index in [-0.39, 0.29) is 17.7 Å². The molecular weight excluding hydrogens is 380 g/mol. The lowest BCUT2D eigenvalue weighted by molar-refractivity contribution is -0.115. The lowest BCUT2D eigenvalue weighted by atomic mass is 9.72. The van der Waals surface area contributed by atoms with E-state index in [9.17, 15) is 9.59 Å². The second-order valence-electron chi connectivity index (χ2n) is 8.23. The van der Waals surface area contributed by atoms with E-state index in [2.05, 4.69) is 26.1 Å². The lowest BCUT2D eigenvalue weighted by Gasteiger charge is -2.33. The molecule has 0 aliphatic heterocycles. The minimum absolute atomic E-state index is 0.161. The second-order valence-corrected chi connectivity index (χ2v) is 9.77. The predicted octanol–water partition coefficient (Wildman–Crippen LogP) is 4.83. The van der Waals surface area contributed by atoms with E-state index in [1.54, 1.807) is 12.1 Å². The molecule has 3 N–H and O–H groups in total. The first-order chi connectivity index (χ1) is 12.6. The Bertz CT molecular complexity index is 866. The summed E-state index contributed by atoms with van der Waals surface area (Å²) in [6.45, 7) is 6.75. The van der Waals surface area contributed by atoms with Crippen LogP contribution in [0.4, 0.5) is 5.00 Å². The number of fused-ring (bicyclic) bond motifs is 1. The number of nitrogens with two attached hydrogens (primary N) is 1. The molecule has 1 aliphatic rings. The molecule has 0 spiro atoms. The molecule has 0 bridgehead atoms. The van der Waals surface area contributed by atoms with Crippen LogP contribution in [-0.2, 0) is 24.1 Å². The van der Waals surface area contributed by atoms with Gasteiger partial charge in [0.1, 0.15) is 5.00 Å². The molecule has 1 aliphatic carbocycles. The summed E-state index contributed by atoms with van der Waals surface area (Å²) >= 11 is 7.38. The number of primary amides is 1. The molecule has 2 aromatic rings. The number of hydrogen-bond acceptors (Lipinski definition) is 3. The number of nitrogens with one attached hydrogen (secondary N) is 1. The minimum atomic E-state index is -0.469. The number of thiophene rings is 1. The highest BCUT2D eigenvalue weighted by Gasteiger charge is 2.33. The summed E-state index contributed by atoms with van der Waals surface area (Å²) in [6.07, 6.45) is 3.02. The van der Waals surface area contributed by atoms with E-state index >= 15 is 0 Å². The van der Waals surface area contributed by atoms with Gasteiger partial charge in [0, 0.05) is 9.90 Å². The van der Waals surface area contributed by atoms with Crippen LogP contribution in [0.1, 0.15) is 53.6 Å². The van der Waals surface area contributed by atoms with E-state index < -0.39 is 5.91 Å². The van der Waals surface area contributed by atoms with E-state index in [0.29, 0.717) is 21.5 Å². The van der Waals surface area contributed by atoms with Crippen molar-refractivity contribution >= 4 is 39.8 Å². The highest BCUT2D eigenvalue weighted by atomic mass is 35.5. The summed E-state index contributed by atoms with van der Waals surface area (Å²) < 4.78 is 0. The van der Waals surface area contributed by atoms with E-state index in [0.717, 1.165) is 30.4 Å². The maximum atomic E-state index is 12.5. The Morgan fingerprint density at radius 2 is 1.93 bits per heavy atom. The summed E-state index contributed by atoms with van der Waals surface area (Å²) in [6, 6.07) is 7.17. The fourth-order valence-electron chi connectivity index (χ4n) is 3.63. The van der Waals surface area contributed by atoms with Crippen molar-refractivity contribution in [2.24, 2.45) is 17.1 Å².